The normalized spacial score (nSPS) is 21.6. The molecule has 0 spiro atoms. The van der Waals surface area contributed by atoms with Crippen molar-refractivity contribution in [3.05, 3.63) is 65.0 Å². The number of aliphatic hydroxyl groups is 1. The number of halogens is 1. The van der Waals surface area contributed by atoms with E-state index in [0.717, 1.165) is 5.56 Å². The van der Waals surface area contributed by atoms with Gasteiger partial charge in [-0.25, -0.2) is 4.39 Å². The van der Waals surface area contributed by atoms with Gasteiger partial charge >= 0.3 is 0 Å². The van der Waals surface area contributed by atoms with Gasteiger partial charge in [0, 0.05) is 18.1 Å². The first-order valence-electron chi connectivity index (χ1n) is 6.34. The van der Waals surface area contributed by atoms with Gasteiger partial charge in [0.15, 0.2) is 0 Å². The highest BCUT2D eigenvalue weighted by atomic mass is 19.1. The molecule has 98 valence electrons. The van der Waals surface area contributed by atoms with Gasteiger partial charge in [-0.2, -0.15) is 0 Å². The molecule has 0 radical (unpaired) electrons. The topological polar surface area (TPSA) is 29.5 Å². The summed E-state index contributed by atoms with van der Waals surface area (Å²) >= 11 is 0. The number of aryl methyl sites for hydroxylation is 1. The number of benzene rings is 2. The van der Waals surface area contributed by atoms with Crippen molar-refractivity contribution in [3.8, 4) is 5.75 Å². The van der Waals surface area contributed by atoms with Crippen molar-refractivity contribution >= 4 is 0 Å². The molecule has 2 aromatic rings. The standard InChI is InChI=1S/C16H15FO2/c1-10-2-4-11(5-3-10)15-9-14(18)13-7-6-12(17)8-16(13)19-15/h2-8,14-15,18H,9H2,1H3. The average molecular weight is 258 g/mol. The summed E-state index contributed by atoms with van der Waals surface area (Å²) in [6.45, 7) is 2.02. The fraction of sp³-hybridized carbons (Fsp3) is 0.250. The van der Waals surface area contributed by atoms with Crippen LogP contribution in [0.5, 0.6) is 5.75 Å². The summed E-state index contributed by atoms with van der Waals surface area (Å²) < 4.78 is 19.1. The quantitative estimate of drug-likeness (QED) is 0.845. The molecule has 2 unspecified atom stereocenters. The Kier molecular flexibility index (Phi) is 2.99. The minimum absolute atomic E-state index is 0.232. The van der Waals surface area contributed by atoms with E-state index in [1.165, 1.54) is 17.7 Å². The van der Waals surface area contributed by atoms with Crippen molar-refractivity contribution < 1.29 is 14.2 Å². The highest BCUT2D eigenvalue weighted by Gasteiger charge is 2.28. The highest BCUT2D eigenvalue weighted by Crippen LogP contribution is 2.40. The van der Waals surface area contributed by atoms with Crippen molar-refractivity contribution in [2.45, 2.75) is 25.6 Å². The molecule has 0 aromatic heterocycles. The minimum atomic E-state index is -0.615. The van der Waals surface area contributed by atoms with Crippen LogP contribution in [0.2, 0.25) is 0 Å². The zero-order valence-corrected chi connectivity index (χ0v) is 10.6. The highest BCUT2D eigenvalue weighted by molar-refractivity contribution is 5.39. The second-order valence-corrected chi connectivity index (χ2v) is 4.95. The van der Waals surface area contributed by atoms with Crippen LogP contribution in [0.1, 0.15) is 35.3 Å². The van der Waals surface area contributed by atoms with E-state index in [0.29, 0.717) is 17.7 Å². The Bertz CT molecular complexity index is 592. The van der Waals surface area contributed by atoms with Crippen LogP contribution in [-0.4, -0.2) is 5.11 Å². The molecule has 0 fully saturated rings. The van der Waals surface area contributed by atoms with E-state index in [1.54, 1.807) is 6.07 Å². The molecule has 1 aliphatic rings. The number of rotatable bonds is 1. The molecule has 0 aliphatic carbocycles. The molecular formula is C16H15FO2. The van der Waals surface area contributed by atoms with Crippen LogP contribution in [0, 0.1) is 12.7 Å². The number of hydrogen-bond acceptors (Lipinski definition) is 2. The van der Waals surface area contributed by atoms with Gasteiger partial charge in [-0.15, -0.1) is 0 Å². The lowest BCUT2D eigenvalue weighted by Crippen LogP contribution is -2.19. The van der Waals surface area contributed by atoms with Crippen molar-refractivity contribution in [3.63, 3.8) is 0 Å². The summed E-state index contributed by atoms with van der Waals surface area (Å²) in [6.07, 6.45) is -0.359. The van der Waals surface area contributed by atoms with Gasteiger partial charge in [0.2, 0.25) is 0 Å². The molecule has 3 heteroatoms. The second kappa shape index (κ2) is 4.67. The first-order valence-corrected chi connectivity index (χ1v) is 6.34. The Balaban J connectivity index is 1.93. The fourth-order valence-corrected chi connectivity index (χ4v) is 2.40. The van der Waals surface area contributed by atoms with E-state index in [-0.39, 0.29) is 11.9 Å². The van der Waals surface area contributed by atoms with Crippen molar-refractivity contribution in [1.29, 1.82) is 0 Å². The zero-order chi connectivity index (χ0) is 13.4. The molecule has 0 saturated carbocycles. The molecule has 1 heterocycles. The Hall–Kier alpha value is -1.87. The van der Waals surface area contributed by atoms with Gasteiger partial charge in [0.25, 0.3) is 0 Å². The summed E-state index contributed by atoms with van der Waals surface area (Å²) in [5, 5.41) is 10.1. The lowest BCUT2D eigenvalue weighted by Gasteiger charge is -2.30. The number of hydrogen-bond donors (Lipinski definition) is 1. The maximum absolute atomic E-state index is 13.2. The minimum Gasteiger partial charge on any atom is -0.485 e. The Morgan fingerprint density at radius 2 is 1.89 bits per heavy atom. The number of aliphatic hydroxyl groups excluding tert-OH is 1. The molecule has 0 amide bonds. The molecule has 1 N–H and O–H groups in total. The molecule has 0 bridgehead atoms. The van der Waals surface area contributed by atoms with Crippen molar-refractivity contribution in [2.75, 3.05) is 0 Å². The molecule has 0 saturated heterocycles. The first-order chi connectivity index (χ1) is 9.13. The molecule has 19 heavy (non-hydrogen) atoms. The largest absolute Gasteiger partial charge is 0.485 e. The van der Waals surface area contributed by atoms with Crippen LogP contribution in [-0.2, 0) is 0 Å². The van der Waals surface area contributed by atoms with E-state index < -0.39 is 6.10 Å². The summed E-state index contributed by atoms with van der Waals surface area (Å²) in [5.41, 5.74) is 2.83. The molecule has 2 nitrogen and oxygen atoms in total. The predicted octanol–water partition coefficient (Wildman–Crippen LogP) is 3.69. The van der Waals surface area contributed by atoms with Gasteiger partial charge in [-0.3, -0.25) is 0 Å². The Morgan fingerprint density at radius 1 is 1.16 bits per heavy atom. The van der Waals surface area contributed by atoms with Crippen molar-refractivity contribution in [1.82, 2.24) is 0 Å². The molecular weight excluding hydrogens is 243 g/mol. The molecule has 2 aromatic carbocycles. The monoisotopic (exact) mass is 258 g/mol. The fourth-order valence-electron chi connectivity index (χ4n) is 2.40. The SMILES string of the molecule is Cc1ccc(C2CC(O)c3ccc(F)cc3O2)cc1. The van der Waals surface area contributed by atoms with Gasteiger partial charge in [-0.1, -0.05) is 29.8 Å². The van der Waals surface area contributed by atoms with E-state index in [2.05, 4.69) is 0 Å². The van der Waals surface area contributed by atoms with E-state index in [4.69, 9.17) is 4.74 Å². The Labute approximate surface area is 111 Å². The van der Waals surface area contributed by atoms with Crippen LogP contribution in [0.4, 0.5) is 4.39 Å². The summed E-state index contributed by atoms with van der Waals surface area (Å²) in [6, 6.07) is 12.2. The average Bonchev–Trinajstić information content (AvgIpc) is 2.38. The van der Waals surface area contributed by atoms with Gasteiger partial charge in [0.1, 0.15) is 17.7 Å². The predicted molar refractivity (Wildman–Crippen MR) is 70.5 cm³/mol. The van der Waals surface area contributed by atoms with E-state index >= 15 is 0 Å². The van der Waals surface area contributed by atoms with Crippen LogP contribution < -0.4 is 4.74 Å². The summed E-state index contributed by atoms with van der Waals surface area (Å²) in [7, 11) is 0. The third kappa shape index (κ3) is 2.34. The van der Waals surface area contributed by atoms with Gasteiger partial charge in [-0.05, 0) is 24.6 Å². The van der Waals surface area contributed by atoms with Gasteiger partial charge < -0.3 is 9.84 Å². The van der Waals surface area contributed by atoms with Crippen LogP contribution in [0.25, 0.3) is 0 Å². The third-order valence-electron chi connectivity index (χ3n) is 3.49. The van der Waals surface area contributed by atoms with Crippen LogP contribution in [0.3, 0.4) is 0 Å². The summed E-state index contributed by atoms with van der Waals surface area (Å²) in [4.78, 5) is 0. The number of ether oxygens (including phenoxy) is 1. The maximum Gasteiger partial charge on any atom is 0.128 e. The second-order valence-electron chi connectivity index (χ2n) is 4.95. The van der Waals surface area contributed by atoms with E-state index in [1.807, 2.05) is 31.2 Å². The third-order valence-corrected chi connectivity index (χ3v) is 3.49. The zero-order valence-electron chi connectivity index (χ0n) is 10.6. The smallest absolute Gasteiger partial charge is 0.128 e. The Morgan fingerprint density at radius 3 is 2.63 bits per heavy atom. The lowest BCUT2D eigenvalue weighted by molar-refractivity contribution is 0.0654. The molecule has 1 aliphatic heterocycles. The van der Waals surface area contributed by atoms with E-state index in [9.17, 15) is 9.50 Å². The van der Waals surface area contributed by atoms with Crippen LogP contribution in [0.15, 0.2) is 42.5 Å². The molecule has 2 atom stereocenters. The summed E-state index contributed by atoms with van der Waals surface area (Å²) in [5.74, 6) is 0.0832. The molecule has 3 rings (SSSR count). The number of fused-ring (bicyclic) bond motifs is 1. The van der Waals surface area contributed by atoms with Gasteiger partial charge in [0.05, 0.1) is 6.10 Å². The lowest BCUT2D eigenvalue weighted by atomic mass is 9.94. The maximum atomic E-state index is 13.2. The first kappa shape index (κ1) is 12.2. The van der Waals surface area contributed by atoms with Crippen molar-refractivity contribution in [2.24, 2.45) is 0 Å². The van der Waals surface area contributed by atoms with Crippen LogP contribution >= 0.6 is 0 Å².